The molecule has 0 amide bonds. The summed E-state index contributed by atoms with van der Waals surface area (Å²) in [4.78, 5) is 0. The van der Waals surface area contributed by atoms with Crippen molar-refractivity contribution in [3.63, 3.8) is 0 Å². The second-order valence-electron chi connectivity index (χ2n) is 3.87. The average Bonchev–Trinajstić information content (AvgIpc) is 2.25. The van der Waals surface area contributed by atoms with Crippen LogP contribution in [0.25, 0.3) is 0 Å². The van der Waals surface area contributed by atoms with Crippen LogP contribution in [0.2, 0.25) is 0 Å². The van der Waals surface area contributed by atoms with Crippen molar-refractivity contribution < 1.29 is 13.2 Å². The lowest BCUT2D eigenvalue weighted by atomic mass is 9.95. The number of unbranched alkanes of at least 4 members (excludes halogenated alkanes) is 1. The fourth-order valence-corrected chi connectivity index (χ4v) is 1.51. The Bertz CT molecular complexity index is 311. The highest BCUT2D eigenvalue weighted by Crippen LogP contribution is 2.30. The third-order valence-corrected chi connectivity index (χ3v) is 2.53. The zero-order valence-electron chi connectivity index (χ0n) is 9.22. The maximum absolute atomic E-state index is 12.3. The van der Waals surface area contributed by atoms with Gasteiger partial charge in [0, 0.05) is 0 Å². The van der Waals surface area contributed by atoms with E-state index < -0.39 is 11.7 Å². The third kappa shape index (κ3) is 3.54. The Morgan fingerprint density at radius 2 is 1.75 bits per heavy atom. The summed E-state index contributed by atoms with van der Waals surface area (Å²) >= 11 is 0. The molecule has 16 heavy (non-hydrogen) atoms. The predicted molar refractivity (Wildman–Crippen MR) is 58.0 cm³/mol. The quantitative estimate of drug-likeness (QED) is 0.701. The van der Waals surface area contributed by atoms with Crippen molar-refractivity contribution in [2.24, 2.45) is 0 Å². The van der Waals surface area contributed by atoms with Crippen LogP contribution in [0.1, 0.15) is 43.2 Å². The Balaban J connectivity index is 2.71. The molecule has 1 unspecified atom stereocenters. The first kappa shape index (κ1) is 13.1. The van der Waals surface area contributed by atoms with E-state index in [1.165, 1.54) is 12.1 Å². The summed E-state index contributed by atoms with van der Waals surface area (Å²) in [5.74, 6) is -0.165. The summed E-state index contributed by atoms with van der Waals surface area (Å²) in [6.07, 6.45) is -1.44. The first-order chi connectivity index (χ1) is 7.45. The second-order valence-corrected chi connectivity index (χ2v) is 3.87. The standard InChI is InChI=1S/C13H15F3/c1-3-4-5-10(2)11-6-8-12(9-7-11)13(14,15)16/h2,6-10H,3-5H2,1H3. The van der Waals surface area contributed by atoms with Gasteiger partial charge < -0.3 is 0 Å². The van der Waals surface area contributed by atoms with Gasteiger partial charge in [-0.1, -0.05) is 31.9 Å². The molecule has 88 valence electrons. The molecular formula is C13H15F3. The summed E-state index contributed by atoms with van der Waals surface area (Å²) in [7, 11) is 0. The van der Waals surface area contributed by atoms with Gasteiger partial charge in [-0.2, -0.15) is 13.2 Å². The van der Waals surface area contributed by atoms with Gasteiger partial charge in [-0.05, 0) is 37.0 Å². The Kier molecular flexibility index (Phi) is 4.39. The first-order valence-corrected chi connectivity index (χ1v) is 5.38. The molecule has 0 saturated carbocycles. The van der Waals surface area contributed by atoms with E-state index in [2.05, 4.69) is 6.92 Å². The average molecular weight is 228 g/mol. The normalized spacial score (nSPS) is 13.8. The van der Waals surface area contributed by atoms with E-state index in [4.69, 9.17) is 6.92 Å². The number of halogens is 3. The smallest absolute Gasteiger partial charge is 0.166 e. The Hall–Kier alpha value is -0.990. The SMILES string of the molecule is [CH]C(CCCC)c1ccc(C(F)(F)F)cc1. The highest BCUT2D eigenvalue weighted by atomic mass is 19.4. The molecule has 2 radical (unpaired) electrons. The number of hydrogen-bond donors (Lipinski definition) is 0. The lowest BCUT2D eigenvalue weighted by Gasteiger charge is -2.12. The molecule has 0 nitrogen and oxygen atoms in total. The van der Waals surface area contributed by atoms with E-state index in [1.54, 1.807) is 0 Å². The van der Waals surface area contributed by atoms with Crippen molar-refractivity contribution in [1.29, 1.82) is 0 Å². The molecule has 0 spiro atoms. The van der Waals surface area contributed by atoms with Crippen LogP contribution < -0.4 is 0 Å². The molecule has 1 atom stereocenters. The van der Waals surface area contributed by atoms with Gasteiger partial charge in [0.05, 0.1) is 5.56 Å². The van der Waals surface area contributed by atoms with Crippen LogP contribution in [0, 0.1) is 6.92 Å². The third-order valence-electron chi connectivity index (χ3n) is 2.53. The highest BCUT2D eigenvalue weighted by Gasteiger charge is 2.30. The van der Waals surface area contributed by atoms with Crippen molar-refractivity contribution in [2.75, 3.05) is 0 Å². The minimum atomic E-state index is -4.27. The molecule has 0 aliphatic heterocycles. The van der Waals surface area contributed by atoms with E-state index in [0.29, 0.717) is 0 Å². The summed E-state index contributed by atoms with van der Waals surface area (Å²) in [6.45, 7) is 7.91. The van der Waals surface area contributed by atoms with Crippen LogP contribution in [0.3, 0.4) is 0 Å². The van der Waals surface area contributed by atoms with Crippen molar-refractivity contribution in [3.8, 4) is 0 Å². The molecule has 0 saturated heterocycles. The van der Waals surface area contributed by atoms with Crippen LogP contribution >= 0.6 is 0 Å². The zero-order chi connectivity index (χ0) is 12.2. The van der Waals surface area contributed by atoms with Crippen molar-refractivity contribution in [1.82, 2.24) is 0 Å². The number of rotatable bonds is 4. The lowest BCUT2D eigenvalue weighted by Crippen LogP contribution is -2.05. The van der Waals surface area contributed by atoms with E-state index in [1.807, 2.05) is 0 Å². The molecule has 1 aromatic rings. The van der Waals surface area contributed by atoms with Gasteiger partial charge in [-0.15, -0.1) is 0 Å². The molecule has 0 aliphatic carbocycles. The topological polar surface area (TPSA) is 0 Å². The Morgan fingerprint density at radius 1 is 1.19 bits per heavy atom. The lowest BCUT2D eigenvalue weighted by molar-refractivity contribution is -0.137. The number of alkyl halides is 3. The van der Waals surface area contributed by atoms with Crippen LogP contribution in [0.15, 0.2) is 24.3 Å². The van der Waals surface area contributed by atoms with Gasteiger partial charge >= 0.3 is 6.18 Å². The summed E-state index contributed by atoms with van der Waals surface area (Å²) in [5, 5.41) is 0. The zero-order valence-corrected chi connectivity index (χ0v) is 9.22. The minimum Gasteiger partial charge on any atom is -0.166 e. The summed E-state index contributed by atoms with van der Waals surface area (Å²) in [6, 6.07) is 5.09. The molecule has 0 bridgehead atoms. The van der Waals surface area contributed by atoms with Gasteiger partial charge in [-0.25, -0.2) is 0 Å². The molecular weight excluding hydrogens is 213 g/mol. The van der Waals surface area contributed by atoms with E-state index in [0.717, 1.165) is 37.0 Å². The highest BCUT2D eigenvalue weighted by molar-refractivity contribution is 5.27. The maximum Gasteiger partial charge on any atom is 0.416 e. The molecule has 3 heteroatoms. The van der Waals surface area contributed by atoms with Crippen LogP contribution in [-0.4, -0.2) is 0 Å². The van der Waals surface area contributed by atoms with E-state index >= 15 is 0 Å². The number of benzene rings is 1. The van der Waals surface area contributed by atoms with Gasteiger partial charge in [0.25, 0.3) is 0 Å². The van der Waals surface area contributed by atoms with Crippen molar-refractivity contribution in [2.45, 2.75) is 38.3 Å². The summed E-state index contributed by atoms with van der Waals surface area (Å²) < 4.78 is 36.9. The van der Waals surface area contributed by atoms with E-state index in [-0.39, 0.29) is 5.92 Å². The fraction of sp³-hybridized carbons (Fsp3) is 0.462. The molecule has 0 heterocycles. The van der Waals surface area contributed by atoms with E-state index in [9.17, 15) is 13.2 Å². The van der Waals surface area contributed by atoms with Crippen molar-refractivity contribution in [3.05, 3.63) is 42.3 Å². The molecule has 0 N–H and O–H groups in total. The fourth-order valence-electron chi connectivity index (χ4n) is 1.51. The first-order valence-electron chi connectivity index (χ1n) is 5.38. The van der Waals surface area contributed by atoms with Crippen LogP contribution in [-0.2, 0) is 6.18 Å². The largest absolute Gasteiger partial charge is 0.416 e. The summed E-state index contributed by atoms with van der Waals surface area (Å²) in [5.41, 5.74) is 0.139. The molecule has 0 aliphatic rings. The Labute approximate surface area is 94.5 Å². The van der Waals surface area contributed by atoms with Crippen LogP contribution in [0.5, 0.6) is 0 Å². The predicted octanol–water partition coefficient (Wildman–Crippen LogP) is 4.69. The van der Waals surface area contributed by atoms with Gasteiger partial charge in [0.1, 0.15) is 0 Å². The Morgan fingerprint density at radius 3 is 2.19 bits per heavy atom. The van der Waals surface area contributed by atoms with Gasteiger partial charge in [0.2, 0.25) is 0 Å². The van der Waals surface area contributed by atoms with Gasteiger partial charge in [0.15, 0.2) is 0 Å². The second kappa shape index (κ2) is 5.37. The molecule has 0 aromatic heterocycles. The van der Waals surface area contributed by atoms with Crippen molar-refractivity contribution >= 4 is 0 Å². The minimum absolute atomic E-state index is 0.165. The monoisotopic (exact) mass is 228 g/mol. The maximum atomic E-state index is 12.3. The molecule has 1 rings (SSSR count). The number of hydrogen-bond acceptors (Lipinski definition) is 0. The molecule has 1 aromatic carbocycles. The van der Waals surface area contributed by atoms with Gasteiger partial charge in [-0.3, -0.25) is 0 Å². The molecule has 0 fully saturated rings. The van der Waals surface area contributed by atoms with Crippen LogP contribution in [0.4, 0.5) is 13.2 Å².